The van der Waals surface area contributed by atoms with Crippen LogP contribution in [-0.2, 0) is 6.54 Å². The Morgan fingerprint density at radius 1 is 1.47 bits per heavy atom. The lowest BCUT2D eigenvalue weighted by atomic mass is 10.2. The normalized spacial score (nSPS) is 10.6. The average molecular weight is 228 g/mol. The van der Waals surface area contributed by atoms with Crippen molar-refractivity contribution in [2.24, 2.45) is 0 Å². The highest BCUT2D eigenvalue weighted by Gasteiger charge is 2.03. The first-order valence-corrected chi connectivity index (χ1v) is 5.79. The van der Waals surface area contributed by atoms with E-state index in [-0.39, 0.29) is 5.56 Å². The van der Waals surface area contributed by atoms with Crippen LogP contribution < -0.4 is 5.56 Å². The van der Waals surface area contributed by atoms with E-state index in [2.05, 4.69) is 11.6 Å². The van der Waals surface area contributed by atoms with Gasteiger partial charge in [-0.05, 0) is 37.5 Å². The summed E-state index contributed by atoms with van der Waals surface area (Å²) < 4.78 is 1.73. The van der Waals surface area contributed by atoms with Gasteiger partial charge in [0.2, 0.25) is 0 Å². The molecule has 3 heteroatoms. The van der Waals surface area contributed by atoms with Crippen molar-refractivity contribution < 1.29 is 0 Å². The molecule has 0 bridgehead atoms. The summed E-state index contributed by atoms with van der Waals surface area (Å²) in [7, 11) is 0. The van der Waals surface area contributed by atoms with Gasteiger partial charge in [-0.15, -0.1) is 6.58 Å². The second-order valence-corrected chi connectivity index (χ2v) is 4.18. The van der Waals surface area contributed by atoms with Crippen LogP contribution in [0, 0.1) is 6.92 Å². The lowest BCUT2D eigenvalue weighted by Crippen LogP contribution is -2.20. The molecule has 0 saturated heterocycles. The summed E-state index contributed by atoms with van der Waals surface area (Å²) in [4.78, 5) is 16.2. The van der Waals surface area contributed by atoms with Gasteiger partial charge in [0.05, 0.1) is 0 Å². The fraction of sp³-hybridized carbons (Fsp3) is 0.286. The molecular weight excluding hydrogens is 212 g/mol. The second kappa shape index (κ2) is 4.95. The van der Waals surface area contributed by atoms with Crippen molar-refractivity contribution in [2.75, 3.05) is 0 Å². The van der Waals surface area contributed by atoms with Gasteiger partial charge in [-0.25, -0.2) is 4.98 Å². The Morgan fingerprint density at radius 3 is 3.06 bits per heavy atom. The number of rotatable bonds is 4. The van der Waals surface area contributed by atoms with Crippen molar-refractivity contribution in [1.82, 2.24) is 9.55 Å². The number of hydrogen-bond donors (Lipinski definition) is 0. The summed E-state index contributed by atoms with van der Waals surface area (Å²) in [6.07, 6.45) is 5.49. The fourth-order valence-electron chi connectivity index (χ4n) is 1.90. The van der Waals surface area contributed by atoms with Gasteiger partial charge in [0.1, 0.15) is 5.65 Å². The number of nitrogens with zero attached hydrogens (tertiary/aromatic N) is 2. The monoisotopic (exact) mass is 228 g/mol. The Kier molecular flexibility index (Phi) is 3.38. The lowest BCUT2D eigenvalue weighted by Gasteiger charge is -2.08. The maximum absolute atomic E-state index is 11.8. The molecule has 0 aliphatic carbocycles. The minimum atomic E-state index is 0.0120. The van der Waals surface area contributed by atoms with Crippen molar-refractivity contribution in [1.29, 1.82) is 0 Å². The van der Waals surface area contributed by atoms with E-state index in [0.717, 1.165) is 29.4 Å². The molecule has 0 unspecified atom stereocenters. The van der Waals surface area contributed by atoms with Crippen LogP contribution in [0.25, 0.3) is 11.0 Å². The Hall–Kier alpha value is -1.90. The van der Waals surface area contributed by atoms with Gasteiger partial charge >= 0.3 is 0 Å². The highest BCUT2D eigenvalue weighted by molar-refractivity contribution is 5.75. The third-order valence-corrected chi connectivity index (χ3v) is 2.75. The molecule has 2 heterocycles. The van der Waals surface area contributed by atoms with Gasteiger partial charge in [0, 0.05) is 24.2 Å². The fourth-order valence-corrected chi connectivity index (χ4v) is 1.90. The predicted octanol–water partition coefficient (Wildman–Crippen LogP) is 2.67. The lowest BCUT2D eigenvalue weighted by molar-refractivity contribution is 0.645. The summed E-state index contributed by atoms with van der Waals surface area (Å²) in [5.41, 5.74) is 1.89. The number of hydrogen-bond acceptors (Lipinski definition) is 2. The van der Waals surface area contributed by atoms with Crippen molar-refractivity contribution in [3.8, 4) is 0 Å². The first kappa shape index (κ1) is 11.6. The maximum Gasteiger partial charge on any atom is 0.252 e. The zero-order valence-corrected chi connectivity index (χ0v) is 10.0. The van der Waals surface area contributed by atoms with Gasteiger partial charge in [0.25, 0.3) is 5.56 Å². The molecule has 2 aromatic heterocycles. The molecule has 0 saturated carbocycles. The Morgan fingerprint density at radius 2 is 2.29 bits per heavy atom. The van der Waals surface area contributed by atoms with Crippen LogP contribution in [0.5, 0.6) is 0 Å². The predicted molar refractivity (Wildman–Crippen MR) is 70.2 cm³/mol. The van der Waals surface area contributed by atoms with Gasteiger partial charge in [-0.2, -0.15) is 0 Å². The van der Waals surface area contributed by atoms with E-state index >= 15 is 0 Å². The molecule has 0 aromatic carbocycles. The largest absolute Gasteiger partial charge is 0.293 e. The van der Waals surface area contributed by atoms with Crippen LogP contribution in [0.3, 0.4) is 0 Å². The highest BCUT2D eigenvalue weighted by Crippen LogP contribution is 2.11. The van der Waals surface area contributed by atoms with Crippen molar-refractivity contribution in [2.45, 2.75) is 26.3 Å². The minimum absolute atomic E-state index is 0.0120. The first-order valence-electron chi connectivity index (χ1n) is 5.79. The van der Waals surface area contributed by atoms with E-state index in [9.17, 15) is 4.79 Å². The summed E-state index contributed by atoms with van der Waals surface area (Å²) in [5.74, 6) is 0. The van der Waals surface area contributed by atoms with Crippen LogP contribution in [0.2, 0.25) is 0 Å². The summed E-state index contributed by atoms with van der Waals surface area (Å²) in [6.45, 7) is 6.38. The summed E-state index contributed by atoms with van der Waals surface area (Å²) >= 11 is 0. The number of aromatic nitrogens is 2. The molecule has 0 fully saturated rings. The topological polar surface area (TPSA) is 34.9 Å². The Bertz CT molecular complexity index is 599. The number of allylic oxidation sites excluding steroid dienone is 1. The highest BCUT2D eigenvalue weighted by atomic mass is 16.1. The number of fused-ring (bicyclic) bond motifs is 1. The SMILES string of the molecule is C=CCCCn1c(=O)ccc2cc(C)cnc21. The molecule has 0 N–H and O–H groups in total. The van der Waals surface area contributed by atoms with Gasteiger partial charge in [-0.3, -0.25) is 9.36 Å². The molecule has 0 aliphatic rings. The van der Waals surface area contributed by atoms with Crippen LogP contribution in [0.15, 0.2) is 41.8 Å². The van der Waals surface area contributed by atoms with Crippen LogP contribution >= 0.6 is 0 Å². The van der Waals surface area contributed by atoms with Gasteiger partial charge in [0.15, 0.2) is 0 Å². The molecule has 88 valence electrons. The summed E-state index contributed by atoms with van der Waals surface area (Å²) in [6, 6.07) is 5.49. The number of pyridine rings is 2. The molecule has 0 radical (unpaired) electrons. The zero-order valence-electron chi connectivity index (χ0n) is 10.0. The molecule has 0 spiro atoms. The van der Waals surface area contributed by atoms with Gasteiger partial charge < -0.3 is 0 Å². The van der Waals surface area contributed by atoms with E-state index < -0.39 is 0 Å². The molecule has 0 aliphatic heterocycles. The smallest absolute Gasteiger partial charge is 0.252 e. The van der Waals surface area contributed by atoms with E-state index in [1.165, 1.54) is 0 Å². The number of unbranched alkanes of at least 4 members (excludes halogenated alkanes) is 1. The minimum Gasteiger partial charge on any atom is -0.293 e. The Balaban J connectivity index is 2.48. The summed E-state index contributed by atoms with van der Waals surface area (Å²) in [5, 5.41) is 1.02. The molecule has 17 heavy (non-hydrogen) atoms. The van der Waals surface area contributed by atoms with E-state index in [4.69, 9.17) is 0 Å². The first-order chi connectivity index (χ1) is 8.22. The van der Waals surface area contributed by atoms with Crippen LogP contribution in [0.1, 0.15) is 18.4 Å². The molecule has 2 aromatic rings. The quantitative estimate of drug-likeness (QED) is 0.595. The molecule has 2 rings (SSSR count). The standard InChI is InChI=1S/C14H16N2O/c1-3-4-5-8-16-13(17)7-6-12-9-11(2)10-15-14(12)16/h3,6-7,9-10H,1,4-5,8H2,2H3. The van der Waals surface area contributed by atoms with E-state index in [1.807, 2.05) is 25.1 Å². The van der Waals surface area contributed by atoms with Gasteiger partial charge in [-0.1, -0.05) is 6.08 Å². The zero-order chi connectivity index (χ0) is 12.3. The maximum atomic E-state index is 11.8. The molecular formula is C14H16N2O. The van der Waals surface area contributed by atoms with E-state index in [0.29, 0.717) is 6.54 Å². The number of aryl methyl sites for hydroxylation is 2. The molecule has 3 nitrogen and oxygen atoms in total. The Labute approximate surface area is 100 Å². The van der Waals surface area contributed by atoms with Crippen molar-refractivity contribution in [3.05, 3.63) is 53.0 Å². The van der Waals surface area contributed by atoms with Crippen LogP contribution in [-0.4, -0.2) is 9.55 Å². The van der Waals surface area contributed by atoms with Crippen molar-refractivity contribution in [3.63, 3.8) is 0 Å². The second-order valence-electron chi connectivity index (χ2n) is 4.18. The third-order valence-electron chi connectivity index (χ3n) is 2.75. The molecule has 0 amide bonds. The molecule has 0 atom stereocenters. The van der Waals surface area contributed by atoms with Crippen LogP contribution in [0.4, 0.5) is 0 Å². The average Bonchev–Trinajstić information content (AvgIpc) is 2.32. The van der Waals surface area contributed by atoms with E-state index in [1.54, 1.807) is 16.8 Å². The third kappa shape index (κ3) is 2.44. The van der Waals surface area contributed by atoms with Crippen molar-refractivity contribution >= 4 is 11.0 Å².